The summed E-state index contributed by atoms with van der Waals surface area (Å²) in [7, 11) is 0. The molecule has 156 valence electrons. The number of nitrogens with zero attached hydrogens (tertiary/aromatic N) is 5. The molecule has 1 aliphatic heterocycles. The quantitative estimate of drug-likeness (QED) is 0.497. The van der Waals surface area contributed by atoms with Gasteiger partial charge < -0.3 is 20.1 Å². The number of hydrogen-bond donors (Lipinski definition) is 2. The van der Waals surface area contributed by atoms with Gasteiger partial charge in [-0.1, -0.05) is 31.2 Å². The highest BCUT2D eigenvalue weighted by Gasteiger charge is 2.19. The zero-order valence-electron chi connectivity index (χ0n) is 17.4. The van der Waals surface area contributed by atoms with E-state index in [1.54, 1.807) is 6.33 Å². The molecule has 8 nitrogen and oxygen atoms in total. The van der Waals surface area contributed by atoms with E-state index in [-0.39, 0.29) is 5.91 Å². The van der Waals surface area contributed by atoms with E-state index >= 15 is 0 Å². The van der Waals surface area contributed by atoms with E-state index in [0.717, 1.165) is 61.9 Å². The van der Waals surface area contributed by atoms with Crippen LogP contribution in [-0.4, -0.2) is 51.2 Å². The number of carbonyl (C=O) groups excluding carboxylic acids is 1. The maximum absolute atomic E-state index is 11.9. The minimum Gasteiger partial charge on any atom is -0.357 e. The van der Waals surface area contributed by atoms with Crippen molar-refractivity contribution in [3.8, 4) is 0 Å². The van der Waals surface area contributed by atoms with Gasteiger partial charge in [-0.25, -0.2) is 4.99 Å². The number of rotatable bonds is 9. The fraction of sp³-hybridized carbons (Fsp3) is 0.524. The van der Waals surface area contributed by atoms with Crippen LogP contribution in [0.15, 0.2) is 35.6 Å². The lowest BCUT2D eigenvalue weighted by molar-refractivity contribution is -0.128. The summed E-state index contributed by atoms with van der Waals surface area (Å²) in [6, 6.07) is 8.34. The third-order valence-electron chi connectivity index (χ3n) is 4.96. The molecule has 29 heavy (non-hydrogen) atoms. The molecule has 0 aliphatic carbocycles. The predicted octanol–water partition coefficient (Wildman–Crippen LogP) is 1.72. The zero-order chi connectivity index (χ0) is 20.5. The zero-order valence-corrected chi connectivity index (χ0v) is 17.4. The van der Waals surface area contributed by atoms with E-state index in [4.69, 9.17) is 4.99 Å². The van der Waals surface area contributed by atoms with Crippen molar-refractivity contribution in [1.29, 1.82) is 0 Å². The molecule has 1 amide bonds. The molecule has 0 atom stereocenters. The fourth-order valence-corrected chi connectivity index (χ4v) is 3.46. The van der Waals surface area contributed by atoms with Gasteiger partial charge in [0, 0.05) is 45.6 Å². The largest absolute Gasteiger partial charge is 0.357 e. The Morgan fingerprint density at radius 2 is 2.10 bits per heavy atom. The highest BCUT2D eigenvalue weighted by atomic mass is 16.2. The summed E-state index contributed by atoms with van der Waals surface area (Å²) in [5.74, 6) is 2.03. The lowest BCUT2D eigenvalue weighted by atomic mass is 10.1. The number of nitrogens with one attached hydrogen (secondary N) is 2. The van der Waals surface area contributed by atoms with E-state index < -0.39 is 0 Å². The van der Waals surface area contributed by atoms with E-state index in [0.29, 0.717) is 19.5 Å². The molecular formula is C21H31N7O. The Labute approximate surface area is 172 Å². The van der Waals surface area contributed by atoms with Gasteiger partial charge in [0.25, 0.3) is 0 Å². The van der Waals surface area contributed by atoms with Crippen LogP contribution in [0, 0.1) is 0 Å². The van der Waals surface area contributed by atoms with Gasteiger partial charge in [0.15, 0.2) is 5.96 Å². The second-order valence-corrected chi connectivity index (χ2v) is 7.15. The third kappa shape index (κ3) is 6.04. The van der Waals surface area contributed by atoms with Crippen LogP contribution >= 0.6 is 0 Å². The Hall–Kier alpha value is -2.90. The average molecular weight is 398 g/mol. The summed E-state index contributed by atoms with van der Waals surface area (Å²) >= 11 is 0. The molecule has 0 saturated carbocycles. The smallest absolute Gasteiger partial charge is 0.222 e. The van der Waals surface area contributed by atoms with Gasteiger partial charge in [0.05, 0.1) is 6.54 Å². The van der Waals surface area contributed by atoms with Gasteiger partial charge in [0.2, 0.25) is 5.91 Å². The van der Waals surface area contributed by atoms with Crippen LogP contribution in [0.1, 0.15) is 43.6 Å². The summed E-state index contributed by atoms with van der Waals surface area (Å²) in [6.07, 6.45) is 4.28. The Morgan fingerprint density at radius 1 is 1.24 bits per heavy atom. The van der Waals surface area contributed by atoms with E-state index in [1.807, 2.05) is 11.0 Å². The highest BCUT2D eigenvalue weighted by Crippen LogP contribution is 2.15. The monoisotopic (exact) mass is 397 g/mol. The summed E-state index contributed by atoms with van der Waals surface area (Å²) in [4.78, 5) is 18.5. The molecule has 1 aromatic heterocycles. The molecule has 8 heteroatoms. The Kier molecular flexibility index (Phi) is 7.61. The normalized spacial score (nSPS) is 14.5. The van der Waals surface area contributed by atoms with Gasteiger partial charge in [-0.15, -0.1) is 10.2 Å². The second-order valence-electron chi connectivity index (χ2n) is 7.15. The van der Waals surface area contributed by atoms with Crippen molar-refractivity contribution < 1.29 is 4.79 Å². The number of guanidine groups is 1. The van der Waals surface area contributed by atoms with Crippen molar-refractivity contribution >= 4 is 11.9 Å². The lowest BCUT2D eigenvalue weighted by Gasteiger charge is -2.16. The van der Waals surface area contributed by atoms with Crippen LogP contribution in [0.5, 0.6) is 0 Å². The van der Waals surface area contributed by atoms with Crippen LogP contribution in [0.4, 0.5) is 0 Å². The number of aliphatic imine (C=N–C) groups is 1. The molecule has 1 fully saturated rings. The number of aryl methyl sites for hydroxylation is 1. The number of aromatic nitrogens is 3. The minimum atomic E-state index is 0.256. The van der Waals surface area contributed by atoms with E-state index in [9.17, 15) is 4.79 Å². The van der Waals surface area contributed by atoms with Crippen molar-refractivity contribution in [1.82, 2.24) is 30.3 Å². The molecule has 1 saturated heterocycles. The number of amides is 1. The molecule has 1 aliphatic rings. The number of hydrogen-bond acceptors (Lipinski definition) is 4. The first-order chi connectivity index (χ1) is 14.2. The third-order valence-corrected chi connectivity index (χ3v) is 4.96. The molecule has 0 radical (unpaired) electrons. The second kappa shape index (κ2) is 10.6. The Bertz CT molecular complexity index is 830. The van der Waals surface area contributed by atoms with Crippen LogP contribution in [0.25, 0.3) is 0 Å². The van der Waals surface area contributed by atoms with Gasteiger partial charge in [-0.2, -0.15) is 0 Å². The predicted molar refractivity (Wildman–Crippen MR) is 113 cm³/mol. The number of benzene rings is 1. The molecule has 3 rings (SSSR count). The first-order valence-corrected chi connectivity index (χ1v) is 10.4. The SMILES string of the molecule is CCNC(=NCc1cccc(CN2CCCC2=O)c1)NCCn1cnnc1CC. The molecule has 1 aromatic carbocycles. The summed E-state index contributed by atoms with van der Waals surface area (Å²) < 4.78 is 2.06. The van der Waals surface area contributed by atoms with Crippen molar-refractivity contribution in [2.24, 2.45) is 4.99 Å². The summed E-state index contributed by atoms with van der Waals surface area (Å²) in [5.41, 5.74) is 2.30. The van der Waals surface area contributed by atoms with Gasteiger partial charge in [-0.3, -0.25) is 4.79 Å². The molecule has 2 N–H and O–H groups in total. The molecule has 0 spiro atoms. The van der Waals surface area contributed by atoms with E-state index in [2.05, 4.69) is 57.4 Å². The Balaban J connectivity index is 1.55. The Morgan fingerprint density at radius 3 is 2.86 bits per heavy atom. The first-order valence-electron chi connectivity index (χ1n) is 10.4. The van der Waals surface area contributed by atoms with Crippen molar-refractivity contribution in [3.05, 3.63) is 47.5 Å². The summed E-state index contributed by atoms with van der Waals surface area (Å²) in [5, 5.41) is 14.7. The lowest BCUT2D eigenvalue weighted by Crippen LogP contribution is -2.38. The minimum absolute atomic E-state index is 0.256. The van der Waals surface area contributed by atoms with Crippen LogP contribution in [0.3, 0.4) is 0 Å². The highest BCUT2D eigenvalue weighted by molar-refractivity contribution is 5.79. The fourth-order valence-electron chi connectivity index (χ4n) is 3.46. The van der Waals surface area contributed by atoms with E-state index in [1.165, 1.54) is 0 Å². The maximum atomic E-state index is 11.9. The van der Waals surface area contributed by atoms with Crippen molar-refractivity contribution in [2.45, 2.75) is 52.7 Å². The van der Waals surface area contributed by atoms with Gasteiger partial charge >= 0.3 is 0 Å². The maximum Gasteiger partial charge on any atom is 0.222 e. The van der Waals surface area contributed by atoms with Crippen LogP contribution < -0.4 is 10.6 Å². The van der Waals surface area contributed by atoms with Gasteiger partial charge in [-0.05, 0) is 24.5 Å². The molecule has 2 heterocycles. The van der Waals surface area contributed by atoms with Crippen LogP contribution in [0.2, 0.25) is 0 Å². The number of carbonyl (C=O) groups is 1. The summed E-state index contributed by atoms with van der Waals surface area (Å²) in [6.45, 7) is 8.61. The van der Waals surface area contributed by atoms with Gasteiger partial charge in [0.1, 0.15) is 12.2 Å². The van der Waals surface area contributed by atoms with Crippen molar-refractivity contribution in [2.75, 3.05) is 19.6 Å². The number of likely N-dealkylation sites (tertiary alicyclic amines) is 1. The molecule has 0 unspecified atom stereocenters. The topological polar surface area (TPSA) is 87.4 Å². The standard InChI is InChI=1S/C21H31N7O/c1-3-19-26-25-16-28(19)12-10-23-21(22-4-2)24-14-17-7-5-8-18(13-17)15-27-11-6-9-20(27)29/h5,7-8,13,16H,3-4,6,9-12,14-15H2,1-2H3,(H2,22,23,24). The average Bonchev–Trinajstić information content (AvgIpc) is 3.35. The molecular weight excluding hydrogens is 366 g/mol. The van der Waals surface area contributed by atoms with Crippen LogP contribution in [-0.2, 0) is 30.8 Å². The first kappa shape index (κ1) is 20.8. The van der Waals surface area contributed by atoms with Crippen molar-refractivity contribution in [3.63, 3.8) is 0 Å². The molecule has 2 aromatic rings. The molecule has 0 bridgehead atoms.